The molecule has 0 spiro atoms. The number of amides is 2. The van der Waals surface area contributed by atoms with Gasteiger partial charge in [-0.05, 0) is 24.3 Å². The van der Waals surface area contributed by atoms with E-state index in [1.54, 1.807) is 36.3 Å². The number of likely N-dealkylation sites (tertiary alicyclic amines) is 1. The summed E-state index contributed by atoms with van der Waals surface area (Å²) in [6.07, 6.45) is 3.65. The number of methoxy groups -OCH3 is 2. The summed E-state index contributed by atoms with van der Waals surface area (Å²) in [5, 5.41) is 2.87. The molecule has 0 aliphatic carbocycles. The first-order chi connectivity index (χ1) is 12.2. The predicted octanol–water partition coefficient (Wildman–Crippen LogP) is 2.18. The van der Waals surface area contributed by atoms with Gasteiger partial charge in [0.1, 0.15) is 11.9 Å². The van der Waals surface area contributed by atoms with Crippen molar-refractivity contribution in [1.29, 1.82) is 0 Å². The van der Waals surface area contributed by atoms with Crippen molar-refractivity contribution in [3.63, 3.8) is 0 Å². The molecule has 1 unspecified atom stereocenters. The summed E-state index contributed by atoms with van der Waals surface area (Å²) in [7, 11) is 3.12. The minimum Gasteiger partial charge on any atom is -0.497 e. The van der Waals surface area contributed by atoms with Gasteiger partial charge >= 0.3 is 6.03 Å². The predicted molar refractivity (Wildman–Crippen MR) is 91.2 cm³/mol. The van der Waals surface area contributed by atoms with E-state index in [1.165, 1.54) is 19.5 Å². The van der Waals surface area contributed by atoms with Gasteiger partial charge in [0.25, 0.3) is 0 Å². The SMILES string of the molecule is COc1ccc(NC(=O)N2CCC(Oc3cncc(OC)n3)C2)cc1. The van der Waals surface area contributed by atoms with Crippen LogP contribution in [0.5, 0.6) is 17.5 Å². The van der Waals surface area contributed by atoms with Crippen LogP contribution in [-0.2, 0) is 0 Å². The zero-order chi connectivity index (χ0) is 17.6. The van der Waals surface area contributed by atoms with Gasteiger partial charge in [-0.25, -0.2) is 4.79 Å². The molecule has 2 aromatic rings. The lowest BCUT2D eigenvalue weighted by Gasteiger charge is -2.18. The number of urea groups is 1. The second-order valence-electron chi connectivity index (χ2n) is 5.53. The van der Waals surface area contributed by atoms with Crippen molar-refractivity contribution in [1.82, 2.24) is 14.9 Å². The van der Waals surface area contributed by atoms with Gasteiger partial charge in [0.15, 0.2) is 0 Å². The first-order valence-electron chi connectivity index (χ1n) is 7.90. The van der Waals surface area contributed by atoms with E-state index >= 15 is 0 Å². The quantitative estimate of drug-likeness (QED) is 0.895. The first-order valence-corrected chi connectivity index (χ1v) is 7.90. The Morgan fingerprint density at radius 2 is 1.92 bits per heavy atom. The number of hydrogen-bond acceptors (Lipinski definition) is 6. The van der Waals surface area contributed by atoms with Crippen molar-refractivity contribution in [3.05, 3.63) is 36.7 Å². The summed E-state index contributed by atoms with van der Waals surface area (Å²) in [5.74, 6) is 1.53. The molecule has 1 fully saturated rings. The van der Waals surface area contributed by atoms with Crippen molar-refractivity contribution in [3.8, 4) is 17.5 Å². The summed E-state index contributed by atoms with van der Waals surface area (Å²) in [5.41, 5.74) is 0.717. The van der Waals surface area contributed by atoms with Gasteiger partial charge in [-0.15, -0.1) is 0 Å². The molecule has 8 nitrogen and oxygen atoms in total. The molecule has 1 saturated heterocycles. The summed E-state index contributed by atoms with van der Waals surface area (Å²) in [6.45, 7) is 1.10. The van der Waals surface area contributed by atoms with Crippen molar-refractivity contribution in [2.75, 3.05) is 32.6 Å². The first kappa shape index (κ1) is 16.8. The molecule has 0 saturated carbocycles. The third-order valence-electron chi connectivity index (χ3n) is 3.86. The van der Waals surface area contributed by atoms with Crippen molar-refractivity contribution in [2.45, 2.75) is 12.5 Å². The topological polar surface area (TPSA) is 85.8 Å². The van der Waals surface area contributed by atoms with E-state index < -0.39 is 0 Å². The highest BCUT2D eigenvalue weighted by atomic mass is 16.5. The molecular weight excluding hydrogens is 324 g/mol. The van der Waals surface area contributed by atoms with Crippen LogP contribution in [0.1, 0.15) is 6.42 Å². The average Bonchev–Trinajstić information content (AvgIpc) is 3.11. The number of nitrogens with zero attached hydrogens (tertiary/aromatic N) is 3. The van der Waals surface area contributed by atoms with E-state index in [1.807, 2.05) is 0 Å². The van der Waals surface area contributed by atoms with Gasteiger partial charge in [-0.3, -0.25) is 4.98 Å². The van der Waals surface area contributed by atoms with Crippen LogP contribution in [0.2, 0.25) is 0 Å². The van der Waals surface area contributed by atoms with Crippen LogP contribution < -0.4 is 19.5 Å². The lowest BCUT2D eigenvalue weighted by Crippen LogP contribution is -2.34. The summed E-state index contributed by atoms with van der Waals surface area (Å²) in [4.78, 5) is 22.2. The van der Waals surface area contributed by atoms with Crippen LogP contribution in [0.15, 0.2) is 36.7 Å². The minimum absolute atomic E-state index is 0.122. The smallest absolute Gasteiger partial charge is 0.321 e. The van der Waals surface area contributed by atoms with Crippen molar-refractivity contribution < 1.29 is 19.0 Å². The van der Waals surface area contributed by atoms with Crippen LogP contribution in [0.25, 0.3) is 0 Å². The maximum absolute atomic E-state index is 12.3. The Balaban J connectivity index is 1.53. The van der Waals surface area contributed by atoms with E-state index in [9.17, 15) is 4.79 Å². The van der Waals surface area contributed by atoms with Crippen LogP contribution >= 0.6 is 0 Å². The number of carbonyl (C=O) groups is 1. The molecule has 8 heteroatoms. The molecule has 3 rings (SSSR count). The molecule has 1 N–H and O–H groups in total. The molecule has 132 valence electrons. The second-order valence-corrected chi connectivity index (χ2v) is 5.53. The Bertz CT molecular complexity index is 723. The lowest BCUT2D eigenvalue weighted by molar-refractivity contribution is 0.188. The Hall–Kier alpha value is -3.03. The Labute approximate surface area is 145 Å². The summed E-state index contributed by atoms with van der Waals surface area (Å²) in [6, 6.07) is 7.03. The highest BCUT2D eigenvalue weighted by Gasteiger charge is 2.28. The minimum atomic E-state index is -0.159. The Morgan fingerprint density at radius 3 is 2.64 bits per heavy atom. The molecule has 1 aliphatic heterocycles. The van der Waals surface area contributed by atoms with Gasteiger partial charge in [-0.2, -0.15) is 4.98 Å². The second kappa shape index (κ2) is 7.69. The molecule has 1 aromatic carbocycles. The van der Waals surface area contributed by atoms with Crippen LogP contribution in [0.3, 0.4) is 0 Å². The zero-order valence-electron chi connectivity index (χ0n) is 14.1. The molecule has 2 amide bonds. The largest absolute Gasteiger partial charge is 0.497 e. The fourth-order valence-corrected chi connectivity index (χ4v) is 2.54. The van der Waals surface area contributed by atoms with E-state index in [0.717, 1.165) is 12.2 Å². The standard InChI is InChI=1S/C17H20N4O4/c1-23-13-5-3-12(4-6-13)19-17(22)21-8-7-14(11-21)25-16-10-18-9-15(20-16)24-2/h3-6,9-10,14H,7-8,11H2,1-2H3,(H,19,22). The van der Waals surface area contributed by atoms with Gasteiger partial charge in [-0.1, -0.05) is 0 Å². The molecule has 0 bridgehead atoms. The van der Waals surface area contributed by atoms with E-state index in [0.29, 0.717) is 30.5 Å². The molecule has 1 aromatic heterocycles. The molecule has 1 atom stereocenters. The van der Waals surface area contributed by atoms with E-state index in [4.69, 9.17) is 14.2 Å². The van der Waals surface area contributed by atoms with Gasteiger partial charge in [0.05, 0.1) is 33.2 Å². The highest BCUT2D eigenvalue weighted by molar-refractivity contribution is 5.89. The van der Waals surface area contributed by atoms with Crippen LogP contribution in [-0.4, -0.2) is 54.3 Å². The number of aromatic nitrogens is 2. The van der Waals surface area contributed by atoms with E-state index in [-0.39, 0.29) is 12.1 Å². The summed E-state index contributed by atoms with van der Waals surface area (Å²) < 4.78 is 15.9. The normalized spacial score (nSPS) is 16.4. The van der Waals surface area contributed by atoms with Crippen molar-refractivity contribution in [2.24, 2.45) is 0 Å². The fourth-order valence-electron chi connectivity index (χ4n) is 2.54. The monoisotopic (exact) mass is 344 g/mol. The molecule has 25 heavy (non-hydrogen) atoms. The van der Waals surface area contributed by atoms with Gasteiger partial charge < -0.3 is 24.4 Å². The van der Waals surface area contributed by atoms with Crippen LogP contribution in [0, 0.1) is 0 Å². The van der Waals surface area contributed by atoms with Gasteiger partial charge in [0, 0.05) is 18.7 Å². The molecule has 0 radical (unpaired) electrons. The van der Waals surface area contributed by atoms with Gasteiger partial charge in [0.2, 0.25) is 11.8 Å². The number of rotatable bonds is 5. The number of hydrogen-bond donors (Lipinski definition) is 1. The number of ether oxygens (including phenoxy) is 3. The van der Waals surface area contributed by atoms with Crippen molar-refractivity contribution >= 4 is 11.7 Å². The van der Waals surface area contributed by atoms with Crippen LogP contribution in [0.4, 0.5) is 10.5 Å². The number of anilines is 1. The Kier molecular flexibility index (Phi) is 5.17. The zero-order valence-corrected chi connectivity index (χ0v) is 14.1. The fraction of sp³-hybridized carbons (Fsp3) is 0.353. The third-order valence-corrected chi connectivity index (χ3v) is 3.86. The summed E-state index contributed by atoms with van der Waals surface area (Å²) >= 11 is 0. The molecule has 2 heterocycles. The average molecular weight is 344 g/mol. The molecule has 1 aliphatic rings. The number of benzene rings is 1. The third kappa shape index (κ3) is 4.28. The highest BCUT2D eigenvalue weighted by Crippen LogP contribution is 2.20. The molecular formula is C17H20N4O4. The number of nitrogens with one attached hydrogen (secondary N) is 1. The lowest BCUT2D eigenvalue weighted by atomic mass is 10.3. The van der Waals surface area contributed by atoms with E-state index in [2.05, 4.69) is 15.3 Å². The Morgan fingerprint density at radius 1 is 1.16 bits per heavy atom. The number of carbonyl (C=O) groups excluding carboxylic acids is 1. The maximum Gasteiger partial charge on any atom is 0.321 e. The maximum atomic E-state index is 12.3.